The molecule has 0 spiro atoms. The third-order valence-corrected chi connectivity index (χ3v) is 2.69. The smallest absolute Gasteiger partial charge is 0.306 e. The van der Waals surface area contributed by atoms with Gasteiger partial charge in [0, 0.05) is 13.5 Å². The molecule has 5 heteroatoms. The molecule has 98 valence electrons. The zero-order valence-corrected chi connectivity index (χ0v) is 10.9. The van der Waals surface area contributed by atoms with E-state index in [1.54, 1.807) is 19.2 Å². The molecular weight excluding hydrogens is 232 g/mol. The van der Waals surface area contributed by atoms with Gasteiger partial charge in [-0.05, 0) is 24.6 Å². The number of amides is 1. The highest BCUT2D eigenvalue weighted by Crippen LogP contribution is 2.23. The number of rotatable bonds is 4. The SMILES string of the molecule is COC(=O)CCC(=O)N(C)c1ccc(C)cc1N. The molecule has 0 radical (unpaired) electrons. The molecule has 0 saturated heterocycles. The second-order valence-electron chi connectivity index (χ2n) is 4.09. The molecule has 0 atom stereocenters. The lowest BCUT2D eigenvalue weighted by molar-refractivity contribution is -0.141. The number of esters is 1. The van der Waals surface area contributed by atoms with E-state index in [0.717, 1.165) is 5.56 Å². The monoisotopic (exact) mass is 250 g/mol. The molecule has 18 heavy (non-hydrogen) atoms. The van der Waals surface area contributed by atoms with E-state index < -0.39 is 5.97 Å². The van der Waals surface area contributed by atoms with Crippen molar-refractivity contribution in [1.82, 2.24) is 0 Å². The summed E-state index contributed by atoms with van der Waals surface area (Å²) < 4.78 is 4.49. The van der Waals surface area contributed by atoms with Gasteiger partial charge in [-0.2, -0.15) is 0 Å². The summed E-state index contributed by atoms with van der Waals surface area (Å²) in [5, 5.41) is 0. The number of nitrogens with two attached hydrogens (primary N) is 1. The minimum Gasteiger partial charge on any atom is -0.469 e. The van der Waals surface area contributed by atoms with Crippen molar-refractivity contribution >= 4 is 23.3 Å². The number of aryl methyl sites for hydroxylation is 1. The van der Waals surface area contributed by atoms with Crippen LogP contribution in [0.2, 0.25) is 0 Å². The average molecular weight is 250 g/mol. The molecule has 0 unspecified atom stereocenters. The fourth-order valence-electron chi connectivity index (χ4n) is 1.59. The second-order valence-corrected chi connectivity index (χ2v) is 4.09. The van der Waals surface area contributed by atoms with Gasteiger partial charge in [0.2, 0.25) is 5.91 Å². The maximum atomic E-state index is 11.9. The topological polar surface area (TPSA) is 72.6 Å². The molecule has 1 rings (SSSR count). The Morgan fingerprint density at radius 2 is 2.00 bits per heavy atom. The molecule has 2 N–H and O–H groups in total. The lowest BCUT2D eigenvalue weighted by atomic mass is 10.1. The Labute approximate surface area is 107 Å². The Bertz CT molecular complexity index is 458. The van der Waals surface area contributed by atoms with Gasteiger partial charge in [0.05, 0.1) is 24.9 Å². The number of benzene rings is 1. The van der Waals surface area contributed by atoms with E-state index >= 15 is 0 Å². The highest BCUT2D eigenvalue weighted by atomic mass is 16.5. The lowest BCUT2D eigenvalue weighted by Gasteiger charge is -2.19. The van der Waals surface area contributed by atoms with Crippen molar-refractivity contribution in [2.45, 2.75) is 19.8 Å². The van der Waals surface area contributed by atoms with Crippen molar-refractivity contribution in [2.24, 2.45) is 0 Å². The fourth-order valence-corrected chi connectivity index (χ4v) is 1.59. The maximum Gasteiger partial charge on any atom is 0.306 e. The van der Waals surface area contributed by atoms with Crippen LogP contribution in [0.3, 0.4) is 0 Å². The van der Waals surface area contributed by atoms with Crippen molar-refractivity contribution in [3.63, 3.8) is 0 Å². The van der Waals surface area contributed by atoms with Crippen LogP contribution in [-0.4, -0.2) is 26.0 Å². The Kier molecular flexibility index (Phi) is 4.71. The largest absolute Gasteiger partial charge is 0.469 e. The molecule has 0 aromatic heterocycles. The number of anilines is 2. The molecule has 0 saturated carbocycles. The van der Waals surface area contributed by atoms with Crippen LogP contribution in [0.15, 0.2) is 18.2 Å². The number of nitrogens with zero attached hydrogens (tertiary/aromatic N) is 1. The zero-order valence-electron chi connectivity index (χ0n) is 10.9. The number of carbonyl (C=O) groups excluding carboxylic acids is 2. The number of carbonyl (C=O) groups is 2. The molecule has 1 aromatic carbocycles. The van der Waals surface area contributed by atoms with E-state index in [9.17, 15) is 9.59 Å². The molecule has 1 aromatic rings. The number of hydrogen-bond donors (Lipinski definition) is 1. The summed E-state index contributed by atoms with van der Waals surface area (Å²) >= 11 is 0. The minimum absolute atomic E-state index is 0.0748. The maximum absolute atomic E-state index is 11.9. The van der Waals surface area contributed by atoms with Crippen molar-refractivity contribution in [3.05, 3.63) is 23.8 Å². The zero-order chi connectivity index (χ0) is 13.7. The van der Waals surface area contributed by atoms with Crippen molar-refractivity contribution in [3.8, 4) is 0 Å². The molecule has 0 aliphatic carbocycles. The Morgan fingerprint density at radius 3 is 2.56 bits per heavy atom. The van der Waals surface area contributed by atoms with Crippen LogP contribution in [-0.2, 0) is 14.3 Å². The molecule has 0 aliphatic heterocycles. The van der Waals surface area contributed by atoms with Gasteiger partial charge >= 0.3 is 5.97 Å². The van der Waals surface area contributed by atoms with Crippen LogP contribution < -0.4 is 10.6 Å². The van der Waals surface area contributed by atoms with E-state index in [4.69, 9.17) is 5.73 Å². The van der Waals surface area contributed by atoms with Crippen LogP contribution in [0.25, 0.3) is 0 Å². The molecule has 0 heterocycles. The molecular formula is C13H18N2O3. The van der Waals surface area contributed by atoms with E-state index in [0.29, 0.717) is 11.4 Å². The third-order valence-electron chi connectivity index (χ3n) is 2.69. The van der Waals surface area contributed by atoms with Crippen molar-refractivity contribution in [2.75, 3.05) is 24.8 Å². The number of methoxy groups -OCH3 is 1. The lowest BCUT2D eigenvalue weighted by Crippen LogP contribution is -2.27. The third kappa shape index (κ3) is 3.48. The first-order valence-corrected chi connectivity index (χ1v) is 5.65. The summed E-state index contributed by atoms with van der Waals surface area (Å²) in [7, 11) is 2.94. The molecule has 1 amide bonds. The van der Waals surface area contributed by atoms with Gasteiger partial charge < -0.3 is 15.4 Å². The van der Waals surface area contributed by atoms with E-state index in [2.05, 4.69) is 4.74 Å². The summed E-state index contributed by atoms with van der Waals surface area (Å²) in [4.78, 5) is 24.3. The first-order chi connectivity index (χ1) is 8.45. The fraction of sp³-hybridized carbons (Fsp3) is 0.385. The van der Waals surface area contributed by atoms with Crippen LogP contribution >= 0.6 is 0 Å². The Balaban J connectivity index is 2.71. The van der Waals surface area contributed by atoms with Gasteiger partial charge in [0.25, 0.3) is 0 Å². The van der Waals surface area contributed by atoms with Gasteiger partial charge in [-0.1, -0.05) is 6.07 Å². The number of hydrogen-bond acceptors (Lipinski definition) is 4. The van der Waals surface area contributed by atoms with Gasteiger partial charge in [-0.15, -0.1) is 0 Å². The number of ether oxygens (including phenoxy) is 1. The first-order valence-electron chi connectivity index (χ1n) is 5.65. The molecule has 0 fully saturated rings. The molecule has 0 aliphatic rings. The van der Waals surface area contributed by atoms with E-state index in [-0.39, 0.29) is 18.7 Å². The summed E-state index contributed by atoms with van der Waals surface area (Å²) in [6.07, 6.45) is 0.182. The van der Waals surface area contributed by atoms with Crippen molar-refractivity contribution in [1.29, 1.82) is 0 Å². The Hall–Kier alpha value is -2.04. The van der Waals surface area contributed by atoms with Crippen LogP contribution in [0, 0.1) is 6.92 Å². The minimum atomic E-state index is -0.395. The first kappa shape index (κ1) is 14.0. The van der Waals surface area contributed by atoms with E-state index in [1.807, 2.05) is 13.0 Å². The number of nitrogen functional groups attached to an aromatic ring is 1. The van der Waals surface area contributed by atoms with E-state index in [1.165, 1.54) is 12.0 Å². The molecule has 0 bridgehead atoms. The standard InChI is InChI=1S/C13H18N2O3/c1-9-4-5-11(10(14)8-9)15(2)12(16)6-7-13(17)18-3/h4-5,8H,6-7,14H2,1-3H3. The van der Waals surface area contributed by atoms with Crippen molar-refractivity contribution < 1.29 is 14.3 Å². The van der Waals surface area contributed by atoms with Crippen LogP contribution in [0.1, 0.15) is 18.4 Å². The Morgan fingerprint density at radius 1 is 1.33 bits per heavy atom. The highest BCUT2D eigenvalue weighted by molar-refractivity contribution is 5.97. The predicted octanol–water partition coefficient (Wildman–Crippen LogP) is 1.49. The van der Waals surface area contributed by atoms with Gasteiger partial charge in [-0.25, -0.2) is 0 Å². The van der Waals surface area contributed by atoms with Gasteiger partial charge in [0.1, 0.15) is 0 Å². The summed E-state index contributed by atoms with van der Waals surface area (Å²) in [6, 6.07) is 5.48. The summed E-state index contributed by atoms with van der Waals surface area (Å²) in [5.41, 5.74) is 8.08. The highest BCUT2D eigenvalue weighted by Gasteiger charge is 2.15. The molecule has 5 nitrogen and oxygen atoms in total. The average Bonchev–Trinajstić information content (AvgIpc) is 2.34. The van der Waals surface area contributed by atoms with Crippen LogP contribution in [0.4, 0.5) is 11.4 Å². The second kappa shape index (κ2) is 6.05. The normalized spacial score (nSPS) is 9.94. The van der Waals surface area contributed by atoms with Gasteiger partial charge in [0.15, 0.2) is 0 Å². The summed E-state index contributed by atoms with van der Waals surface area (Å²) in [5.74, 6) is -0.565. The summed E-state index contributed by atoms with van der Waals surface area (Å²) in [6.45, 7) is 1.93. The van der Waals surface area contributed by atoms with Gasteiger partial charge in [-0.3, -0.25) is 9.59 Å². The van der Waals surface area contributed by atoms with Crippen LogP contribution in [0.5, 0.6) is 0 Å². The quantitative estimate of drug-likeness (QED) is 0.649. The predicted molar refractivity (Wildman–Crippen MR) is 70.3 cm³/mol.